The van der Waals surface area contributed by atoms with E-state index in [1.54, 1.807) is 50.3 Å². The minimum atomic E-state index is -4.04. The number of rotatable bonds is 3. The molecule has 0 saturated carbocycles. The molecule has 0 saturated heterocycles. The van der Waals surface area contributed by atoms with E-state index in [0.29, 0.717) is 27.4 Å². The quantitative estimate of drug-likeness (QED) is 0.379. The van der Waals surface area contributed by atoms with Gasteiger partial charge in [-0.05, 0) is 49.8 Å². The van der Waals surface area contributed by atoms with Gasteiger partial charge in [0.05, 0.1) is 15.6 Å². The van der Waals surface area contributed by atoms with E-state index >= 15 is 0 Å². The van der Waals surface area contributed by atoms with Crippen LogP contribution in [-0.2, 0) is 14.8 Å². The molecule has 3 rings (SSSR count). The van der Waals surface area contributed by atoms with Crippen molar-refractivity contribution in [3.63, 3.8) is 0 Å². The summed E-state index contributed by atoms with van der Waals surface area (Å²) in [6, 6.07) is 14.4. The first-order chi connectivity index (χ1) is 13.7. The summed E-state index contributed by atoms with van der Waals surface area (Å²) in [6.45, 7) is 3.27. The van der Waals surface area contributed by atoms with E-state index < -0.39 is 10.0 Å². The fourth-order valence-electron chi connectivity index (χ4n) is 2.56. The van der Waals surface area contributed by atoms with E-state index in [4.69, 9.17) is 23.2 Å². The van der Waals surface area contributed by atoms with Crippen molar-refractivity contribution in [3.05, 3.63) is 87.4 Å². The number of ketones is 1. The summed E-state index contributed by atoms with van der Waals surface area (Å²) in [7, 11) is -4.04. The van der Waals surface area contributed by atoms with Crippen LogP contribution < -0.4 is 0 Å². The van der Waals surface area contributed by atoms with Gasteiger partial charge in [0.2, 0.25) is 0 Å². The van der Waals surface area contributed by atoms with Crippen molar-refractivity contribution in [2.45, 2.75) is 18.7 Å². The van der Waals surface area contributed by atoms with Gasteiger partial charge in [-0.3, -0.25) is 4.79 Å². The third-order valence-corrected chi connectivity index (χ3v) is 6.19. The van der Waals surface area contributed by atoms with E-state index in [0.717, 1.165) is 0 Å². The van der Waals surface area contributed by atoms with Crippen molar-refractivity contribution < 1.29 is 13.2 Å². The minimum Gasteiger partial charge on any atom is -0.288 e. The van der Waals surface area contributed by atoms with Crippen LogP contribution in [0, 0.1) is 0 Å². The lowest BCUT2D eigenvalue weighted by molar-refractivity contribution is -0.111. The van der Waals surface area contributed by atoms with Gasteiger partial charge in [0.25, 0.3) is 10.0 Å². The molecular formula is C21H16Cl2N2O3S. The Morgan fingerprint density at radius 2 is 1.55 bits per heavy atom. The van der Waals surface area contributed by atoms with Gasteiger partial charge in [0.1, 0.15) is 0 Å². The number of carbonyl (C=O) groups is 1. The second-order valence-electron chi connectivity index (χ2n) is 6.30. The molecule has 29 heavy (non-hydrogen) atoms. The lowest BCUT2D eigenvalue weighted by Crippen LogP contribution is -2.16. The average molecular weight is 447 g/mol. The third-order valence-electron chi connectivity index (χ3n) is 4.20. The van der Waals surface area contributed by atoms with E-state index in [1.165, 1.54) is 24.3 Å². The number of nitrogens with zero attached hydrogens (tertiary/aromatic N) is 2. The Morgan fingerprint density at radius 3 is 2.17 bits per heavy atom. The second-order valence-corrected chi connectivity index (χ2v) is 8.72. The molecule has 0 spiro atoms. The van der Waals surface area contributed by atoms with Gasteiger partial charge in [-0.15, -0.1) is 4.40 Å². The number of carbonyl (C=O) groups excluding carboxylic acids is 1. The minimum absolute atomic E-state index is 0.00799. The van der Waals surface area contributed by atoms with E-state index in [9.17, 15) is 13.2 Å². The van der Waals surface area contributed by atoms with Gasteiger partial charge in [-0.2, -0.15) is 8.42 Å². The van der Waals surface area contributed by atoms with Crippen LogP contribution in [0.15, 0.2) is 91.1 Å². The van der Waals surface area contributed by atoms with Gasteiger partial charge >= 0.3 is 0 Å². The normalized spacial score (nSPS) is 17.0. The maximum Gasteiger partial charge on any atom is 0.284 e. The highest BCUT2D eigenvalue weighted by Gasteiger charge is 2.22. The molecule has 148 valence electrons. The number of halogens is 2. The van der Waals surface area contributed by atoms with E-state index in [1.807, 2.05) is 0 Å². The molecule has 0 fully saturated rings. The zero-order valence-electron chi connectivity index (χ0n) is 15.6. The molecule has 2 aromatic rings. The zero-order chi connectivity index (χ0) is 21.2. The molecule has 0 aromatic heterocycles. The molecule has 0 unspecified atom stereocenters. The predicted octanol–water partition coefficient (Wildman–Crippen LogP) is 4.96. The smallest absolute Gasteiger partial charge is 0.284 e. The van der Waals surface area contributed by atoms with Crippen LogP contribution in [0.1, 0.15) is 19.4 Å². The molecule has 2 aromatic carbocycles. The van der Waals surface area contributed by atoms with Crippen LogP contribution in [0.25, 0.3) is 0 Å². The summed E-state index contributed by atoms with van der Waals surface area (Å²) >= 11 is 12.0. The van der Waals surface area contributed by atoms with Crippen molar-refractivity contribution >= 4 is 50.6 Å². The Labute approximate surface area is 179 Å². The number of Topliss-reactive ketones (excluding diaryl/α,β-unsaturated/α-hetero) is 1. The molecular weight excluding hydrogens is 431 g/mol. The first kappa shape index (κ1) is 21.2. The molecule has 0 N–H and O–H groups in total. The maximum atomic E-state index is 12.8. The fourth-order valence-corrected chi connectivity index (χ4v) is 3.89. The van der Waals surface area contributed by atoms with Crippen molar-refractivity contribution in [2.75, 3.05) is 0 Å². The molecule has 5 nitrogen and oxygen atoms in total. The third kappa shape index (κ3) is 4.72. The number of sulfonamides is 1. The Hall–Kier alpha value is -2.54. The Kier molecular flexibility index (Phi) is 6.17. The Balaban J connectivity index is 2.18. The summed E-state index contributed by atoms with van der Waals surface area (Å²) < 4.78 is 29.6. The van der Waals surface area contributed by atoms with Crippen molar-refractivity contribution in [2.24, 2.45) is 9.39 Å². The van der Waals surface area contributed by atoms with E-state index in [-0.39, 0.29) is 21.5 Å². The summed E-state index contributed by atoms with van der Waals surface area (Å²) in [4.78, 5) is 16.5. The highest BCUT2D eigenvalue weighted by molar-refractivity contribution is 7.90. The summed E-state index contributed by atoms with van der Waals surface area (Å²) in [5, 5.41) is 0.469. The number of hydrogen-bond acceptors (Lipinski definition) is 3. The SMILES string of the molecule is CC1=CC(=NC(=NS(=O)(=O)c2ccc(Cl)cc2)c2ccccc2)C(C)=C(Cl)C1=O. The fraction of sp³-hybridized carbons (Fsp3) is 0.0952. The number of allylic oxidation sites excluding steroid dienone is 4. The molecule has 0 atom stereocenters. The van der Waals surface area contributed by atoms with Crippen molar-refractivity contribution in [3.8, 4) is 0 Å². The highest BCUT2D eigenvalue weighted by Crippen LogP contribution is 2.24. The van der Waals surface area contributed by atoms with Gasteiger partial charge in [-0.25, -0.2) is 4.99 Å². The van der Waals surface area contributed by atoms with E-state index in [2.05, 4.69) is 9.39 Å². The van der Waals surface area contributed by atoms with Gasteiger partial charge in [-0.1, -0.05) is 53.5 Å². The molecule has 8 heteroatoms. The molecule has 0 aliphatic heterocycles. The monoisotopic (exact) mass is 446 g/mol. The predicted molar refractivity (Wildman–Crippen MR) is 116 cm³/mol. The molecule has 0 heterocycles. The number of benzene rings is 2. The highest BCUT2D eigenvalue weighted by atomic mass is 35.5. The van der Waals surface area contributed by atoms with Crippen molar-refractivity contribution in [1.29, 1.82) is 0 Å². The molecule has 0 bridgehead atoms. The molecule has 1 aliphatic rings. The molecule has 0 amide bonds. The zero-order valence-corrected chi connectivity index (χ0v) is 17.9. The van der Waals surface area contributed by atoms with Crippen LogP contribution in [0.3, 0.4) is 0 Å². The van der Waals surface area contributed by atoms with Crippen LogP contribution >= 0.6 is 23.2 Å². The summed E-state index contributed by atoms with van der Waals surface area (Å²) in [5.74, 6) is -0.298. The van der Waals surface area contributed by atoms with Crippen LogP contribution in [-0.4, -0.2) is 25.7 Å². The van der Waals surface area contributed by atoms with Crippen LogP contribution in [0.2, 0.25) is 5.02 Å². The largest absolute Gasteiger partial charge is 0.288 e. The number of amidine groups is 1. The summed E-state index contributed by atoms with van der Waals surface area (Å²) in [5.41, 5.74) is 1.74. The lowest BCUT2D eigenvalue weighted by Gasteiger charge is -2.13. The first-order valence-corrected chi connectivity index (χ1v) is 10.7. The maximum absolute atomic E-state index is 12.8. The van der Waals surface area contributed by atoms with Crippen LogP contribution in [0.5, 0.6) is 0 Å². The van der Waals surface area contributed by atoms with Crippen molar-refractivity contribution in [1.82, 2.24) is 0 Å². The first-order valence-electron chi connectivity index (χ1n) is 8.53. The number of hydrogen-bond donors (Lipinski definition) is 0. The Bertz CT molecular complexity index is 1190. The second kappa shape index (κ2) is 8.45. The van der Waals surface area contributed by atoms with Crippen LogP contribution in [0.4, 0.5) is 0 Å². The van der Waals surface area contributed by atoms with Gasteiger partial charge in [0.15, 0.2) is 11.6 Å². The lowest BCUT2D eigenvalue weighted by atomic mass is 9.98. The average Bonchev–Trinajstić information content (AvgIpc) is 2.70. The molecule has 1 aliphatic carbocycles. The topological polar surface area (TPSA) is 75.9 Å². The van der Waals surface area contributed by atoms with Gasteiger partial charge in [0, 0.05) is 16.2 Å². The standard InChI is InChI=1S/C21H16Cl2N2O3S/c1-13-12-18(14(2)19(23)20(13)26)24-21(15-6-4-3-5-7-15)25-29(27,28)17-10-8-16(22)9-11-17/h3-12H,1-2H3. The number of aliphatic imine (C=N–C) groups is 1. The molecule has 0 radical (unpaired) electrons. The Morgan fingerprint density at radius 1 is 0.931 bits per heavy atom. The van der Waals surface area contributed by atoms with Gasteiger partial charge < -0.3 is 0 Å². The summed E-state index contributed by atoms with van der Waals surface area (Å²) in [6.07, 6.45) is 1.57.